The van der Waals surface area contributed by atoms with Crippen molar-refractivity contribution < 1.29 is 10.2 Å². The molecule has 0 amide bonds. The molecule has 3 aromatic rings. The van der Waals surface area contributed by atoms with Crippen molar-refractivity contribution in [3.8, 4) is 11.1 Å². The third-order valence-electron chi connectivity index (χ3n) is 4.72. The molecule has 0 unspecified atom stereocenters. The molecule has 3 aromatic carbocycles. The summed E-state index contributed by atoms with van der Waals surface area (Å²) in [7, 11) is 0. The van der Waals surface area contributed by atoms with Crippen molar-refractivity contribution in [2.24, 2.45) is 0 Å². The van der Waals surface area contributed by atoms with Crippen LogP contribution in [0.15, 0.2) is 54.6 Å². The summed E-state index contributed by atoms with van der Waals surface area (Å²) in [6, 6.07) is 18.2. The van der Waals surface area contributed by atoms with Gasteiger partial charge in [-0.3, -0.25) is 0 Å². The minimum atomic E-state index is -0.871. The van der Waals surface area contributed by atoms with Gasteiger partial charge in [0.2, 0.25) is 0 Å². The SMILES string of the molecule is CCc1c2c(cc3ccccc13)-c1ccccc1[C@@H](O)[C@@H]2O. The van der Waals surface area contributed by atoms with Gasteiger partial charge in [0.15, 0.2) is 0 Å². The molecule has 0 aromatic heterocycles. The smallest absolute Gasteiger partial charge is 0.110 e. The van der Waals surface area contributed by atoms with E-state index in [9.17, 15) is 10.2 Å². The average molecular weight is 290 g/mol. The molecule has 2 nitrogen and oxygen atoms in total. The first-order valence-electron chi connectivity index (χ1n) is 7.72. The maximum absolute atomic E-state index is 10.7. The number of aliphatic hydroxyl groups excluding tert-OH is 2. The Kier molecular flexibility index (Phi) is 3.03. The topological polar surface area (TPSA) is 40.5 Å². The zero-order chi connectivity index (χ0) is 15.3. The Morgan fingerprint density at radius 1 is 0.864 bits per heavy atom. The zero-order valence-corrected chi connectivity index (χ0v) is 12.5. The lowest BCUT2D eigenvalue weighted by Crippen LogP contribution is -2.19. The van der Waals surface area contributed by atoms with E-state index in [2.05, 4.69) is 25.1 Å². The Hall–Kier alpha value is -2.16. The number of hydrogen-bond acceptors (Lipinski definition) is 2. The molecular weight excluding hydrogens is 272 g/mol. The van der Waals surface area contributed by atoms with Gasteiger partial charge >= 0.3 is 0 Å². The van der Waals surface area contributed by atoms with Gasteiger partial charge in [0.1, 0.15) is 12.2 Å². The molecule has 0 spiro atoms. The second kappa shape index (κ2) is 4.94. The molecule has 0 bridgehead atoms. The van der Waals surface area contributed by atoms with E-state index in [-0.39, 0.29) is 0 Å². The summed E-state index contributed by atoms with van der Waals surface area (Å²) in [6.07, 6.45) is -0.907. The van der Waals surface area contributed by atoms with Crippen molar-refractivity contribution >= 4 is 10.8 Å². The highest BCUT2D eigenvalue weighted by molar-refractivity contribution is 5.94. The fourth-order valence-corrected chi connectivity index (χ4v) is 3.71. The van der Waals surface area contributed by atoms with Gasteiger partial charge in [-0.15, -0.1) is 0 Å². The fraction of sp³-hybridized carbons (Fsp3) is 0.200. The second-order valence-electron chi connectivity index (χ2n) is 5.87. The molecule has 0 fully saturated rings. The van der Waals surface area contributed by atoms with E-state index in [0.29, 0.717) is 0 Å². The van der Waals surface area contributed by atoms with Crippen LogP contribution in [-0.4, -0.2) is 10.2 Å². The van der Waals surface area contributed by atoms with Crippen LogP contribution in [0.2, 0.25) is 0 Å². The Bertz CT molecular complexity index is 867. The Labute approximate surface area is 129 Å². The third kappa shape index (κ3) is 1.75. The van der Waals surface area contributed by atoms with E-state index in [0.717, 1.165) is 39.6 Å². The summed E-state index contributed by atoms with van der Waals surface area (Å²) < 4.78 is 0. The zero-order valence-electron chi connectivity index (χ0n) is 12.5. The number of fused-ring (bicyclic) bond motifs is 4. The molecule has 2 heteroatoms. The first-order chi connectivity index (χ1) is 10.7. The lowest BCUT2D eigenvalue weighted by molar-refractivity contribution is 0.0154. The van der Waals surface area contributed by atoms with Crippen LogP contribution in [0.4, 0.5) is 0 Å². The van der Waals surface area contributed by atoms with Crippen molar-refractivity contribution in [1.82, 2.24) is 0 Å². The van der Waals surface area contributed by atoms with Crippen molar-refractivity contribution in [2.45, 2.75) is 25.6 Å². The summed E-state index contributed by atoms with van der Waals surface area (Å²) in [6.45, 7) is 2.10. The number of aryl methyl sites for hydroxylation is 1. The lowest BCUT2D eigenvalue weighted by atomic mass is 9.77. The number of rotatable bonds is 1. The van der Waals surface area contributed by atoms with E-state index in [4.69, 9.17) is 0 Å². The summed E-state index contributed by atoms with van der Waals surface area (Å²) in [5.74, 6) is 0. The number of aliphatic hydroxyl groups is 2. The maximum atomic E-state index is 10.7. The van der Waals surface area contributed by atoms with Crippen LogP contribution in [0.1, 0.15) is 35.8 Å². The van der Waals surface area contributed by atoms with Crippen LogP contribution in [0.25, 0.3) is 21.9 Å². The Balaban J connectivity index is 2.16. The second-order valence-corrected chi connectivity index (χ2v) is 5.87. The van der Waals surface area contributed by atoms with Gasteiger partial charge in [-0.2, -0.15) is 0 Å². The summed E-state index contributed by atoms with van der Waals surface area (Å²) in [4.78, 5) is 0. The standard InChI is InChI=1S/C20H18O2/c1-2-13-14-8-4-3-7-12(14)11-17-15-9-5-6-10-16(15)19(21)20(22)18(13)17/h3-11,19-22H,2H2,1H3/t19-,20-/m1/s1. The molecule has 2 N–H and O–H groups in total. The molecule has 4 rings (SSSR count). The lowest BCUT2D eigenvalue weighted by Gasteiger charge is -2.31. The molecule has 0 saturated carbocycles. The number of hydrogen-bond donors (Lipinski definition) is 2. The molecule has 0 heterocycles. The highest BCUT2D eigenvalue weighted by Crippen LogP contribution is 2.47. The highest BCUT2D eigenvalue weighted by atomic mass is 16.3. The van der Waals surface area contributed by atoms with Gasteiger partial charge in [-0.1, -0.05) is 55.5 Å². The molecule has 1 aliphatic rings. The van der Waals surface area contributed by atoms with Gasteiger partial charge in [-0.25, -0.2) is 0 Å². The summed E-state index contributed by atoms with van der Waals surface area (Å²) >= 11 is 0. The Morgan fingerprint density at radius 2 is 1.59 bits per heavy atom. The molecule has 2 atom stereocenters. The minimum Gasteiger partial charge on any atom is -0.385 e. The van der Waals surface area contributed by atoms with Crippen LogP contribution < -0.4 is 0 Å². The molecule has 0 radical (unpaired) electrons. The fourth-order valence-electron chi connectivity index (χ4n) is 3.71. The van der Waals surface area contributed by atoms with Crippen molar-refractivity contribution in [1.29, 1.82) is 0 Å². The predicted octanol–water partition coefficient (Wildman–Crippen LogP) is 4.15. The molecule has 1 aliphatic carbocycles. The first-order valence-corrected chi connectivity index (χ1v) is 7.72. The first kappa shape index (κ1) is 13.5. The van der Waals surface area contributed by atoms with Crippen LogP contribution >= 0.6 is 0 Å². The van der Waals surface area contributed by atoms with E-state index >= 15 is 0 Å². The van der Waals surface area contributed by atoms with E-state index in [1.807, 2.05) is 36.4 Å². The van der Waals surface area contributed by atoms with Crippen LogP contribution in [0.3, 0.4) is 0 Å². The monoisotopic (exact) mass is 290 g/mol. The summed E-state index contributed by atoms with van der Waals surface area (Å²) in [5.41, 5.74) is 4.89. The van der Waals surface area contributed by atoms with Gasteiger partial charge in [0.25, 0.3) is 0 Å². The molecule has 110 valence electrons. The third-order valence-corrected chi connectivity index (χ3v) is 4.72. The normalized spacial score (nSPS) is 19.8. The molecule has 0 aliphatic heterocycles. The predicted molar refractivity (Wildman–Crippen MR) is 88.7 cm³/mol. The van der Waals surface area contributed by atoms with Crippen LogP contribution in [0, 0.1) is 0 Å². The van der Waals surface area contributed by atoms with Crippen LogP contribution in [-0.2, 0) is 6.42 Å². The van der Waals surface area contributed by atoms with Crippen molar-refractivity contribution in [3.05, 3.63) is 71.3 Å². The molecule has 22 heavy (non-hydrogen) atoms. The van der Waals surface area contributed by atoms with Crippen LogP contribution in [0.5, 0.6) is 0 Å². The van der Waals surface area contributed by atoms with E-state index < -0.39 is 12.2 Å². The molecule has 0 saturated heterocycles. The van der Waals surface area contributed by atoms with Gasteiger partial charge in [-0.05, 0) is 51.1 Å². The molecular formula is C20H18O2. The van der Waals surface area contributed by atoms with Gasteiger partial charge < -0.3 is 10.2 Å². The largest absolute Gasteiger partial charge is 0.385 e. The number of benzene rings is 3. The highest BCUT2D eigenvalue weighted by Gasteiger charge is 2.33. The van der Waals surface area contributed by atoms with E-state index in [1.54, 1.807) is 0 Å². The van der Waals surface area contributed by atoms with Gasteiger partial charge in [0, 0.05) is 0 Å². The van der Waals surface area contributed by atoms with Gasteiger partial charge in [0.05, 0.1) is 0 Å². The van der Waals surface area contributed by atoms with Crippen molar-refractivity contribution in [3.63, 3.8) is 0 Å². The average Bonchev–Trinajstić information content (AvgIpc) is 2.57. The van der Waals surface area contributed by atoms with Crippen molar-refractivity contribution in [2.75, 3.05) is 0 Å². The quantitative estimate of drug-likeness (QED) is 0.707. The summed E-state index contributed by atoms with van der Waals surface area (Å²) in [5, 5.41) is 23.6. The van der Waals surface area contributed by atoms with E-state index in [1.165, 1.54) is 5.39 Å². The Morgan fingerprint density at radius 3 is 2.41 bits per heavy atom. The maximum Gasteiger partial charge on any atom is 0.110 e. The minimum absolute atomic E-state index is 0.805.